The van der Waals surface area contributed by atoms with Crippen LogP contribution in [-0.2, 0) is 14.3 Å². The topological polar surface area (TPSA) is 85.3 Å². The summed E-state index contributed by atoms with van der Waals surface area (Å²) in [7, 11) is 1.58. The summed E-state index contributed by atoms with van der Waals surface area (Å²) < 4.78 is 16.1. The maximum Gasteiger partial charge on any atom is 0.306 e. The standard InChI is InChI=1S/C16H21NO6/c1-11(23-13-5-3-12(21-2)4-6-13)16(20)17-7-8-22-14(10-17)9-15(18)19/h3-6,11,14H,7-10H2,1-2H3,(H,18,19). The van der Waals surface area contributed by atoms with Crippen LogP contribution in [0.1, 0.15) is 13.3 Å². The number of rotatable bonds is 6. The van der Waals surface area contributed by atoms with E-state index in [1.807, 2.05) is 0 Å². The minimum Gasteiger partial charge on any atom is -0.497 e. The second kappa shape index (κ2) is 7.82. The van der Waals surface area contributed by atoms with E-state index in [0.29, 0.717) is 24.7 Å². The van der Waals surface area contributed by atoms with Crippen LogP contribution in [0.15, 0.2) is 24.3 Å². The van der Waals surface area contributed by atoms with E-state index in [0.717, 1.165) is 0 Å². The third-order valence-electron chi connectivity index (χ3n) is 3.57. The van der Waals surface area contributed by atoms with Gasteiger partial charge in [-0.3, -0.25) is 9.59 Å². The van der Waals surface area contributed by atoms with Gasteiger partial charge in [-0.2, -0.15) is 0 Å². The summed E-state index contributed by atoms with van der Waals surface area (Å²) in [5, 5.41) is 8.82. The second-order valence-electron chi connectivity index (χ2n) is 5.31. The molecule has 1 amide bonds. The number of morpholine rings is 1. The summed E-state index contributed by atoms with van der Waals surface area (Å²) in [5.74, 6) is 0.161. The third kappa shape index (κ3) is 4.85. The first-order valence-electron chi connectivity index (χ1n) is 7.42. The van der Waals surface area contributed by atoms with E-state index in [9.17, 15) is 9.59 Å². The van der Waals surface area contributed by atoms with E-state index in [-0.39, 0.29) is 18.9 Å². The Labute approximate surface area is 134 Å². The fraction of sp³-hybridized carbons (Fsp3) is 0.500. The summed E-state index contributed by atoms with van der Waals surface area (Å²) in [6.07, 6.45) is -1.25. The molecule has 0 aromatic heterocycles. The molecule has 1 aliphatic heterocycles. The molecular formula is C16H21NO6. The Hall–Kier alpha value is -2.28. The third-order valence-corrected chi connectivity index (χ3v) is 3.57. The summed E-state index contributed by atoms with van der Waals surface area (Å²) in [6, 6.07) is 6.97. The maximum absolute atomic E-state index is 12.4. The van der Waals surface area contributed by atoms with Crippen molar-refractivity contribution >= 4 is 11.9 Å². The number of amides is 1. The quantitative estimate of drug-likeness (QED) is 0.846. The van der Waals surface area contributed by atoms with Gasteiger partial charge in [-0.05, 0) is 31.2 Å². The van der Waals surface area contributed by atoms with Crippen molar-refractivity contribution in [1.29, 1.82) is 0 Å². The number of carboxylic acid groups (broad SMARTS) is 1. The maximum atomic E-state index is 12.4. The van der Waals surface area contributed by atoms with Gasteiger partial charge in [0.15, 0.2) is 6.10 Å². The van der Waals surface area contributed by atoms with Crippen LogP contribution in [0.25, 0.3) is 0 Å². The molecule has 1 aliphatic rings. The molecule has 1 aromatic rings. The fourth-order valence-corrected chi connectivity index (χ4v) is 2.40. The molecule has 7 nitrogen and oxygen atoms in total. The van der Waals surface area contributed by atoms with Crippen molar-refractivity contribution < 1.29 is 28.9 Å². The molecule has 1 heterocycles. The lowest BCUT2D eigenvalue weighted by molar-refractivity contribution is -0.151. The van der Waals surface area contributed by atoms with Gasteiger partial charge in [0.05, 0.1) is 26.2 Å². The molecule has 1 fully saturated rings. The number of aliphatic carboxylic acids is 1. The highest BCUT2D eigenvalue weighted by molar-refractivity contribution is 5.81. The fourth-order valence-electron chi connectivity index (χ4n) is 2.40. The second-order valence-corrected chi connectivity index (χ2v) is 5.31. The van der Waals surface area contributed by atoms with Crippen LogP contribution in [0.5, 0.6) is 11.5 Å². The van der Waals surface area contributed by atoms with Crippen LogP contribution in [0.4, 0.5) is 0 Å². The minimum atomic E-state index is -0.938. The summed E-state index contributed by atoms with van der Waals surface area (Å²) >= 11 is 0. The van der Waals surface area contributed by atoms with Crippen LogP contribution >= 0.6 is 0 Å². The molecule has 0 spiro atoms. The SMILES string of the molecule is COc1ccc(OC(C)C(=O)N2CCOC(CC(=O)O)C2)cc1. The molecular weight excluding hydrogens is 302 g/mol. The normalized spacial score (nSPS) is 19.0. The lowest BCUT2D eigenvalue weighted by atomic mass is 10.2. The molecule has 2 rings (SSSR count). The van der Waals surface area contributed by atoms with E-state index in [4.69, 9.17) is 19.3 Å². The Morgan fingerprint density at radius 2 is 2.00 bits per heavy atom. The number of carbonyl (C=O) groups is 2. The Kier molecular flexibility index (Phi) is 5.81. The molecule has 1 aromatic carbocycles. The van der Waals surface area contributed by atoms with Gasteiger partial charge in [0.2, 0.25) is 0 Å². The van der Waals surface area contributed by atoms with E-state index in [1.54, 1.807) is 43.2 Å². The van der Waals surface area contributed by atoms with Gasteiger partial charge in [-0.15, -0.1) is 0 Å². The average molecular weight is 323 g/mol. The van der Waals surface area contributed by atoms with E-state index in [1.165, 1.54) is 0 Å². The zero-order chi connectivity index (χ0) is 16.8. The first-order valence-corrected chi connectivity index (χ1v) is 7.42. The van der Waals surface area contributed by atoms with Gasteiger partial charge in [-0.25, -0.2) is 0 Å². The van der Waals surface area contributed by atoms with E-state index in [2.05, 4.69) is 0 Å². The molecule has 2 atom stereocenters. The van der Waals surface area contributed by atoms with Crippen molar-refractivity contribution in [3.63, 3.8) is 0 Å². The molecule has 126 valence electrons. The van der Waals surface area contributed by atoms with Crippen molar-refractivity contribution in [3.05, 3.63) is 24.3 Å². The lowest BCUT2D eigenvalue weighted by Crippen LogP contribution is -2.50. The van der Waals surface area contributed by atoms with Crippen molar-refractivity contribution in [3.8, 4) is 11.5 Å². The Morgan fingerprint density at radius 3 is 2.61 bits per heavy atom. The zero-order valence-corrected chi connectivity index (χ0v) is 13.2. The van der Waals surface area contributed by atoms with E-state index >= 15 is 0 Å². The van der Waals surface area contributed by atoms with Gasteiger partial charge in [0.1, 0.15) is 11.5 Å². The Balaban J connectivity index is 1.91. The number of benzene rings is 1. The number of carboxylic acids is 1. The van der Waals surface area contributed by atoms with Crippen LogP contribution in [-0.4, -0.2) is 60.9 Å². The zero-order valence-electron chi connectivity index (χ0n) is 13.2. The highest BCUT2D eigenvalue weighted by Crippen LogP contribution is 2.19. The molecule has 23 heavy (non-hydrogen) atoms. The molecule has 0 bridgehead atoms. The highest BCUT2D eigenvalue weighted by Gasteiger charge is 2.29. The van der Waals surface area contributed by atoms with Gasteiger partial charge in [-0.1, -0.05) is 0 Å². The molecule has 1 N–H and O–H groups in total. The van der Waals surface area contributed by atoms with Crippen LogP contribution in [0.3, 0.4) is 0 Å². The minimum absolute atomic E-state index is 0.114. The van der Waals surface area contributed by atoms with Crippen LogP contribution in [0, 0.1) is 0 Å². The van der Waals surface area contributed by atoms with Gasteiger partial charge >= 0.3 is 5.97 Å². The monoisotopic (exact) mass is 323 g/mol. The summed E-state index contributed by atoms with van der Waals surface area (Å²) in [5.41, 5.74) is 0. The van der Waals surface area contributed by atoms with Crippen molar-refractivity contribution in [2.45, 2.75) is 25.6 Å². The first kappa shape index (κ1) is 17.1. The molecule has 0 aliphatic carbocycles. The number of carbonyl (C=O) groups excluding carboxylic acids is 1. The molecule has 2 unspecified atom stereocenters. The summed E-state index contributed by atoms with van der Waals surface area (Å²) in [4.78, 5) is 24.8. The largest absolute Gasteiger partial charge is 0.497 e. The molecule has 1 saturated heterocycles. The van der Waals surface area contributed by atoms with Gasteiger partial charge < -0.3 is 24.2 Å². The molecule has 7 heteroatoms. The van der Waals surface area contributed by atoms with Crippen LogP contribution < -0.4 is 9.47 Å². The molecule has 0 saturated carbocycles. The first-order chi connectivity index (χ1) is 11.0. The number of ether oxygens (including phenoxy) is 3. The van der Waals surface area contributed by atoms with Crippen molar-refractivity contribution in [1.82, 2.24) is 4.90 Å². The van der Waals surface area contributed by atoms with Crippen molar-refractivity contribution in [2.75, 3.05) is 26.8 Å². The smallest absolute Gasteiger partial charge is 0.306 e. The summed E-state index contributed by atoms with van der Waals surface area (Å²) in [6.45, 7) is 2.71. The lowest BCUT2D eigenvalue weighted by Gasteiger charge is -2.33. The Bertz CT molecular complexity index is 544. The molecule has 0 radical (unpaired) electrons. The van der Waals surface area contributed by atoms with Crippen LogP contribution in [0.2, 0.25) is 0 Å². The average Bonchev–Trinajstić information content (AvgIpc) is 2.54. The van der Waals surface area contributed by atoms with Crippen molar-refractivity contribution in [2.24, 2.45) is 0 Å². The highest BCUT2D eigenvalue weighted by atomic mass is 16.5. The van der Waals surface area contributed by atoms with Gasteiger partial charge in [0.25, 0.3) is 5.91 Å². The van der Waals surface area contributed by atoms with Gasteiger partial charge in [0, 0.05) is 13.1 Å². The number of hydrogen-bond acceptors (Lipinski definition) is 5. The predicted molar refractivity (Wildman–Crippen MR) is 81.7 cm³/mol. The number of hydrogen-bond donors (Lipinski definition) is 1. The number of methoxy groups -OCH3 is 1. The predicted octanol–water partition coefficient (Wildman–Crippen LogP) is 1.16. The Morgan fingerprint density at radius 1 is 1.35 bits per heavy atom. The van der Waals surface area contributed by atoms with E-state index < -0.39 is 18.2 Å². The number of nitrogens with zero attached hydrogens (tertiary/aromatic N) is 1.